The maximum atomic E-state index is 13.7. The van der Waals surface area contributed by atoms with Crippen LogP contribution in [0.3, 0.4) is 0 Å². The van der Waals surface area contributed by atoms with Gasteiger partial charge in [-0.2, -0.15) is 4.31 Å². The van der Waals surface area contributed by atoms with Crippen molar-refractivity contribution >= 4 is 15.9 Å². The maximum absolute atomic E-state index is 13.7. The number of carbonyl (C=O) groups is 1. The zero-order valence-electron chi connectivity index (χ0n) is 21.4. The van der Waals surface area contributed by atoms with Crippen molar-refractivity contribution in [3.8, 4) is 11.4 Å². The maximum Gasteiger partial charge on any atom is 0.276 e. The first kappa shape index (κ1) is 26.4. The molecule has 1 unspecified atom stereocenters. The second-order valence-electron chi connectivity index (χ2n) is 9.41. The number of nitrogens with one attached hydrogen (secondary N) is 2. The Morgan fingerprint density at radius 1 is 1.08 bits per heavy atom. The molecule has 3 N–H and O–H groups in total. The van der Waals surface area contributed by atoms with Gasteiger partial charge in [-0.25, -0.2) is 18.6 Å². The van der Waals surface area contributed by atoms with E-state index in [4.69, 9.17) is 4.74 Å². The quantitative estimate of drug-likeness (QED) is 0.240. The number of rotatable bonds is 7. The Morgan fingerprint density at radius 2 is 1.79 bits per heavy atom. The molecular formula is C28H28N4O6S. The van der Waals surface area contributed by atoms with Gasteiger partial charge in [0.2, 0.25) is 10.0 Å². The molecule has 1 aromatic heterocycles. The number of ether oxygens (including phenoxy) is 1. The van der Waals surface area contributed by atoms with Gasteiger partial charge < -0.3 is 4.74 Å². The van der Waals surface area contributed by atoms with Crippen LogP contribution in [0.25, 0.3) is 5.69 Å². The highest BCUT2D eigenvalue weighted by atomic mass is 32.2. The molecule has 202 valence electrons. The van der Waals surface area contributed by atoms with E-state index < -0.39 is 27.5 Å². The Kier molecular flexibility index (Phi) is 7.13. The summed E-state index contributed by atoms with van der Waals surface area (Å²) in [5.41, 5.74) is 5.12. The van der Waals surface area contributed by atoms with Gasteiger partial charge in [0.25, 0.3) is 11.5 Å². The number of hydrogen-bond acceptors (Lipinski definition) is 6. The highest BCUT2D eigenvalue weighted by Gasteiger charge is 2.43. The van der Waals surface area contributed by atoms with Crippen LogP contribution in [0.2, 0.25) is 0 Å². The second kappa shape index (κ2) is 10.5. The third kappa shape index (κ3) is 4.99. The van der Waals surface area contributed by atoms with E-state index in [9.17, 15) is 23.2 Å². The molecule has 0 spiro atoms. The molecule has 1 atom stereocenters. The van der Waals surface area contributed by atoms with E-state index >= 15 is 0 Å². The summed E-state index contributed by atoms with van der Waals surface area (Å²) in [6.07, 6.45) is 0.176. The zero-order chi connectivity index (χ0) is 27.7. The highest BCUT2D eigenvalue weighted by molar-refractivity contribution is 7.89. The lowest BCUT2D eigenvalue weighted by atomic mass is 10.0. The second-order valence-corrected chi connectivity index (χ2v) is 11.3. The summed E-state index contributed by atoms with van der Waals surface area (Å²) in [5.74, 6) is -0.541. The summed E-state index contributed by atoms with van der Waals surface area (Å²) in [6, 6.07) is 19.2. The van der Waals surface area contributed by atoms with E-state index in [1.54, 1.807) is 42.5 Å². The number of H-pyrrole nitrogens is 1. The lowest BCUT2D eigenvalue weighted by Gasteiger charge is -2.32. The first-order chi connectivity index (χ1) is 18.7. The van der Waals surface area contributed by atoms with E-state index in [0.717, 1.165) is 21.0 Å². The molecule has 1 aliphatic heterocycles. The van der Waals surface area contributed by atoms with Crippen LogP contribution < -0.4 is 15.8 Å². The van der Waals surface area contributed by atoms with Crippen LogP contribution in [-0.2, 0) is 27.8 Å². The minimum atomic E-state index is -4.23. The van der Waals surface area contributed by atoms with Crippen molar-refractivity contribution in [1.29, 1.82) is 0 Å². The number of nitrogens with zero attached hydrogens (tertiary/aromatic N) is 2. The minimum absolute atomic E-state index is 0.0336. The first-order valence-electron chi connectivity index (χ1n) is 12.3. The van der Waals surface area contributed by atoms with Crippen molar-refractivity contribution in [2.75, 3.05) is 6.54 Å². The molecular weight excluding hydrogens is 520 g/mol. The zero-order valence-corrected chi connectivity index (χ0v) is 22.2. The average Bonchev–Trinajstić information content (AvgIpc) is 3.29. The molecule has 0 saturated heterocycles. The topological polar surface area (TPSA) is 134 Å². The molecule has 1 amide bonds. The van der Waals surface area contributed by atoms with Gasteiger partial charge in [-0.1, -0.05) is 42.0 Å². The van der Waals surface area contributed by atoms with Gasteiger partial charge >= 0.3 is 0 Å². The van der Waals surface area contributed by atoms with E-state index in [1.165, 1.54) is 22.3 Å². The predicted octanol–water partition coefficient (Wildman–Crippen LogP) is 3.15. The smallest absolute Gasteiger partial charge is 0.276 e. The number of aromatic amines is 1. The van der Waals surface area contributed by atoms with Crippen molar-refractivity contribution in [2.24, 2.45) is 0 Å². The van der Waals surface area contributed by atoms with Gasteiger partial charge in [0.1, 0.15) is 18.4 Å². The molecule has 1 aliphatic rings. The Labute approximate surface area is 225 Å². The van der Waals surface area contributed by atoms with Crippen LogP contribution in [0, 0.1) is 13.8 Å². The van der Waals surface area contributed by atoms with E-state index in [0.29, 0.717) is 23.7 Å². The number of fused-ring (bicyclic) bond motifs is 1. The summed E-state index contributed by atoms with van der Waals surface area (Å²) in [6.45, 7) is 4.25. The van der Waals surface area contributed by atoms with Crippen LogP contribution in [-0.4, -0.2) is 40.2 Å². The summed E-state index contributed by atoms with van der Waals surface area (Å²) in [7, 11) is -4.23. The van der Waals surface area contributed by atoms with Crippen molar-refractivity contribution in [3.63, 3.8) is 0 Å². The largest absolute Gasteiger partial charge is 0.489 e. The third-order valence-corrected chi connectivity index (χ3v) is 8.73. The lowest BCUT2D eigenvalue weighted by Crippen LogP contribution is -2.48. The van der Waals surface area contributed by atoms with Crippen molar-refractivity contribution in [1.82, 2.24) is 19.6 Å². The molecule has 11 heteroatoms. The summed E-state index contributed by atoms with van der Waals surface area (Å²) >= 11 is 0. The number of hydroxylamine groups is 1. The molecule has 0 fully saturated rings. The average molecular weight is 549 g/mol. The van der Waals surface area contributed by atoms with E-state index in [-0.39, 0.29) is 23.4 Å². The number of benzene rings is 3. The van der Waals surface area contributed by atoms with Crippen LogP contribution >= 0.6 is 0 Å². The standard InChI is InChI=1S/C28H28N4O6S/c1-18-8-9-19(2)20(16-18)17-38-22-10-12-23(13-11-22)39(36,37)31-15-14-24-25(26(31)27(33)30-35)28(34)32(29-24)21-6-4-3-5-7-21/h3-13,16,26,29,35H,14-15,17H2,1-2H3,(H,30,33). The molecule has 4 aromatic rings. The number of hydrogen-bond donors (Lipinski definition) is 3. The number of aryl methyl sites for hydroxylation is 2. The van der Waals surface area contributed by atoms with Crippen LogP contribution in [0.4, 0.5) is 0 Å². The van der Waals surface area contributed by atoms with Gasteiger partial charge in [-0.15, -0.1) is 0 Å². The lowest BCUT2D eigenvalue weighted by molar-refractivity contribution is -0.133. The molecule has 0 radical (unpaired) electrons. The molecule has 2 heterocycles. The molecule has 0 saturated carbocycles. The van der Waals surface area contributed by atoms with Gasteiger partial charge in [0.05, 0.1) is 16.1 Å². The van der Waals surface area contributed by atoms with Crippen molar-refractivity contribution < 1.29 is 23.2 Å². The molecule has 0 aliphatic carbocycles. The summed E-state index contributed by atoms with van der Waals surface area (Å²) in [5, 5.41) is 12.4. The fourth-order valence-corrected chi connectivity index (χ4v) is 6.33. The van der Waals surface area contributed by atoms with Gasteiger partial charge in [0.15, 0.2) is 0 Å². The Morgan fingerprint density at radius 3 is 2.49 bits per heavy atom. The predicted molar refractivity (Wildman–Crippen MR) is 143 cm³/mol. The Bertz CT molecular complexity index is 1680. The van der Waals surface area contributed by atoms with Gasteiger partial charge in [0, 0.05) is 18.7 Å². The number of carbonyl (C=O) groups excluding carboxylic acids is 1. The third-order valence-electron chi connectivity index (χ3n) is 6.85. The van der Waals surface area contributed by atoms with E-state index in [2.05, 4.69) is 5.10 Å². The van der Waals surface area contributed by atoms with Crippen molar-refractivity contribution in [2.45, 2.75) is 37.8 Å². The first-order valence-corrected chi connectivity index (χ1v) is 13.8. The fraction of sp³-hybridized carbons (Fsp3) is 0.214. The molecule has 5 rings (SSSR count). The van der Waals surface area contributed by atoms with Crippen LogP contribution in [0.1, 0.15) is 34.0 Å². The number of para-hydroxylation sites is 1. The highest BCUT2D eigenvalue weighted by Crippen LogP contribution is 2.33. The monoisotopic (exact) mass is 548 g/mol. The normalized spacial score (nSPS) is 15.5. The van der Waals surface area contributed by atoms with Gasteiger partial charge in [-0.3, -0.25) is 19.9 Å². The van der Waals surface area contributed by atoms with Crippen molar-refractivity contribution in [3.05, 3.63) is 111 Å². The number of amides is 1. The molecule has 3 aromatic carbocycles. The van der Waals surface area contributed by atoms with Crippen LogP contribution in [0.5, 0.6) is 5.75 Å². The summed E-state index contributed by atoms with van der Waals surface area (Å²) in [4.78, 5) is 26.1. The van der Waals surface area contributed by atoms with Gasteiger partial charge in [-0.05, 0) is 61.4 Å². The SMILES string of the molecule is Cc1ccc(C)c(COc2ccc(S(=O)(=O)N3CCc4[nH]n(-c5ccccc5)c(=O)c4C3C(=O)NO)cc2)c1. The minimum Gasteiger partial charge on any atom is -0.489 e. The molecule has 10 nitrogen and oxygen atoms in total. The number of sulfonamides is 1. The molecule has 39 heavy (non-hydrogen) atoms. The van der Waals surface area contributed by atoms with E-state index in [1.807, 2.05) is 32.0 Å². The van der Waals surface area contributed by atoms with Crippen LogP contribution in [0.15, 0.2) is 82.5 Å². The Hall–Kier alpha value is -4.19. The fourth-order valence-electron chi connectivity index (χ4n) is 4.76. The molecule has 0 bridgehead atoms. The summed E-state index contributed by atoms with van der Waals surface area (Å²) < 4.78 is 35.5. The Balaban J connectivity index is 1.44. The number of aromatic nitrogens is 2.